The molecular formula is C17H21F2N7O. The number of halogens is 2. The molecule has 10 heteroatoms. The Bertz CT molecular complexity index is 846. The Labute approximate surface area is 154 Å². The molecule has 1 aromatic carbocycles. The largest absolute Gasteiger partial charge is 0.380 e. The Morgan fingerprint density at radius 3 is 2.78 bits per heavy atom. The van der Waals surface area contributed by atoms with Crippen LogP contribution in [0, 0.1) is 6.92 Å². The predicted octanol–water partition coefficient (Wildman–Crippen LogP) is 1.95. The van der Waals surface area contributed by atoms with E-state index in [1.165, 1.54) is 6.33 Å². The molecule has 8 nitrogen and oxygen atoms in total. The second-order valence-electron chi connectivity index (χ2n) is 6.66. The van der Waals surface area contributed by atoms with Crippen molar-refractivity contribution in [2.24, 2.45) is 11.5 Å². The first-order chi connectivity index (χ1) is 12.8. The highest BCUT2D eigenvalue weighted by Crippen LogP contribution is 2.34. The zero-order valence-electron chi connectivity index (χ0n) is 14.7. The monoisotopic (exact) mass is 377 g/mol. The second kappa shape index (κ2) is 7.39. The number of rotatable bonds is 5. The standard InChI is InChI=1S/C17H21F2N7O/c1-9-5-10(24-12-3-2-4-17(18,19)14(12)20)7-11(6-9)25-16-13(15(21)27)26-23-8-22-16/h5-8,12,14,24H,2-4,20H2,1H3,(H2,21,27)(H,22,23,25)/t12-,14-/m1/s1. The lowest BCUT2D eigenvalue weighted by Crippen LogP contribution is -2.55. The average molecular weight is 377 g/mol. The Hall–Kier alpha value is -2.88. The molecule has 0 unspecified atom stereocenters. The number of carbonyl (C=O) groups is 1. The maximum atomic E-state index is 13.9. The second-order valence-corrected chi connectivity index (χ2v) is 6.66. The maximum absolute atomic E-state index is 13.9. The van der Waals surface area contributed by atoms with Gasteiger partial charge >= 0.3 is 0 Å². The minimum Gasteiger partial charge on any atom is -0.380 e. The van der Waals surface area contributed by atoms with Crippen molar-refractivity contribution in [2.75, 3.05) is 10.6 Å². The van der Waals surface area contributed by atoms with E-state index < -0.39 is 23.9 Å². The van der Waals surface area contributed by atoms with Crippen molar-refractivity contribution in [3.05, 3.63) is 35.8 Å². The number of primary amides is 1. The summed E-state index contributed by atoms with van der Waals surface area (Å²) >= 11 is 0. The van der Waals surface area contributed by atoms with Crippen LogP contribution in [-0.4, -0.2) is 39.1 Å². The third-order valence-electron chi connectivity index (χ3n) is 4.49. The molecule has 3 rings (SSSR count). The lowest BCUT2D eigenvalue weighted by Gasteiger charge is -2.36. The van der Waals surface area contributed by atoms with Crippen molar-refractivity contribution in [3.63, 3.8) is 0 Å². The van der Waals surface area contributed by atoms with Crippen molar-refractivity contribution in [2.45, 2.75) is 44.2 Å². The summed E-state index contributed by atoms with van der Waals surface area (Å²) in [6, 6.07) is 3.58. The van der Waals surface area contributed by atoms with Gasteiger partial charge in [0.1, 0.15) is 6.33 Å². The van der Waals surface area contributed by atoms with Crippen LogP contribution in [0.1, 0.15) is 35.3 Å². The van der Waals surface area contributed by atoms with Gasteiger partial charge in [-0.2, -0.15) is 0 Å². The number of alkyl halides is 2. The highest BCUT2D eigenvalue weighted by atomic mass is 19.3. The zero-order valence-corrected chi connectivity index (χ0v) is 14.7. The zero-order chi connectivity index (χ0) is 19.6. The number of anilines is 3. The van der Waals surface area contributed by atoms with Crippen molar-refractivity contribution in [3.8, 4) is 0 Å². The summed E-state index contributed by atoms with van der Waals surface area (Å²) in [5.74, 6) is -3.49. The van der Waals surface area contributed by atoms with E-state index in [2.05, 4.69) is 25.8 Å². The van der Waals surface area contributed by atoms with Crippen molar-refractivity contribution in [1.29, 1.82) is 0 Å². The Kier molecular flexibility index (Phi) is 5.17. The molecule has 1 saturated carbocycles. The van der Waals surface area contributed by atoms with E-state index in [1.807, 2.05) is 19.1 Å². The third-order valence-corrected chi connectivity index (χ3v) is 4.49. The molecule has 6 N–H and O–H groups in total. The summed E-state index contributed by atoms with van der Waals surface area (Å²) in [5, 5.41) is 13.3. The van der Waals surface area contributed by atoms with Crippen molar-refractivity contribution >= 4 is 23.1 Å². The molecule has 1 aromatic heterocycles. The van der Waals surface area contributed by atoms with Gasteiger partial charge in [-0.3, -0.25) is 4.79 Å². The SMILES string of the molecule is Cc1cc(Nc2ncnnc2C(N)=O)cc(N[C@@H]2CCCC(F)(F)[C@@H]2N)c1. The van der Waals surface area contributed by atoms with Gasteiger partial charge < -0.3 is 22.1 Å². The number of aromatic nitrogens is 3. The van der Waals surface area contributed by atoms with E-state index in [1.54, 1.807) is 6.07 Å². The molecular weight excluding hydrogens is 356 g/mol. The number of benzene rings is 1. The number of carbonyl (C=O) groups excluding carboxylic acids is 1. The molecule has 2 atom stereocenters. The van der Waals surface area contributed by atoms with E-state index in [4.69, 9.17) is 11.5 Å². The average Bonchev–Trinajstić information content (AvgIpc) is 2.59. The number of nitrogens with zero attached hydrogens (tertiary/aromatic N) is 3. The molecule has 2 aromatic rings. The van der Waals surface area contributed by atoms with Crippen LogP contribution in [-0.2, 0) is 0 Å². The van der Waals surface area contributed by atoms with E-state index >= 15 is 0 Å². The Morgan fingerprint density at radius 1 is 1.30 bits per heavy atom. The molecule has 0 aliphatic heterocycles. The Morgan fingerprint density at radius 2 is 2.04 bits per heavy atom. The van der Waals surface area contributed by atoms with Gasteiger partial charge in [0.15, 0.2) is 11.5 Å². The highest BCUT2D eigenvalue weighted by Gasteiger charge is 2.44. The third kappa shape index (κ3) is 4.27. The first-order valence-corrected chi connectivity index (χ1v) is 8.52. The Balaban J connectivity index is 1.82. The molecule has 1 heterocycles. The molecule has 0 radical (unpaired) electrons. The van der Waals surface area contributed by atoms with Gasteiger partial charge in [-0.25, -0.2) is 13.8 Å². The first kappa shape index (κ1) is 18.9. The smallest absolute Gasteiger partial charge is 0.273 e. The fourth-order valence-electron chi connectivity index (χ4n) is 3.18. The summed E-state index contributed by atoms with van der Waals surface area (Å²) in [5.41, 5.74) is 13.0. The van der Waals surface area contributed by atoms with Crippen molar-refractivity contribution in [1.82, 2.24) is 15.2 Å². The normalized spacial score (nSPS) is 21.5. The van der Waals surface area contributed by atoms with E-state index in [9.17, 15) is 13.6 Å². The van der Waals surface area contributed by atoms with Gasteiger partial charge in [0, 0.05) is 23.8 Å². The molecule has 27 heavy (non-hydrogen) atoms. The van der Waals surface area contributed by atoms with Gasteiger partial charge in [0.2, 0.25) is 0 Å². The van der Waals surface area contributed by atoms with Gasteiger partial charge in [-0.05, 0) is 43.5 Å². The van der Waals surface area contributed by atoms with Gasteiger partial charge in [-0.1, -0.05) is 0 Å². The predicted molar refractivity (Wildman–Crippen MR) is 97.0 cm³/mol. The van der Waals surface area contributed by atoms with Crippen LogP contribution in [0.5, 0.6) is 0 Å². The van der Waals surface area contributed by atoms with Gasteiger partial charge in [0.05, 0.1) is 6.04 Å². The summed E-state index contributed by atoms with van der Waals surface area (Å²) in [6.07, 6.45) is 1.97. The molecule has 1 fully saturated rings. The minimum absolute atomic E-state index is 0.0949. The molecule has 1 amide bonds. The number of hydrogen-bond acceptors (Lipinski definition) is 7. The van der Waals surface area contributed by atoms with Crippen molar-refractivity contribution < 1.29 is 13.6 Å². The van der Waals surface area contributed by atoms with E-state index in [0.717, 1.165) is 5.56 Å². The number of nitrogens with two attached hydrogens (primary N) is 2. The van der Waals surface area contributed by atoms with Crippen LogP contribution < -0.4 is 22.1 Å². The molecule has 0 spiro atoms. The lowest BCUT2D eigenvalue weighted by molar-refractivity contribution is -0.0554. The molecule has 144 valence electrons. The summed E-state index contributed by atoms with van der Waals surface area (Å²) in [4.78, 5) is 15.4. The topological polar surface area (TPSA) is 132 Å². The maximum Gasteiger partial charge on any atom is 0.273 e. The number of aryl methyl sites for hydroxylation is 1. The first-order valence-electron chi connectivity index (χ1n) is 8.52. The number of amides is 1. The summed E-state index contributed by atoms with van der Waals surface area (Å²) < 4.78 is 27.7. The van der Waals surface area contributed by atoms with Gasteiger partial charge in [0.25, 0.3) is 11.8 Å². The van der Waals surface area contributed by atoms with Crippen LogP contribution >= 0.6 is 0 Å². The van der Waals surface area contributed by atoms with Crippen LogP contribution in [0.15, 0.2) is 24.5 Å². The fourth-order valence-corrected chi connectivity index (χ4v) is 3.18. The number of nitrogens with one attached hydrogen (secondary N) is 2. The van der Waals surface area contributed by atoms with Crippen LogP contribution in [0.25, 0.3) is 0 Å². The van der Waals surface area contributed by atoms with Crippen LogP contribution in [0.2, 0.25) is 0 Å². The molecule has 1 aliphatic carbocycles. The molecule has 0 bridgehead atoms. The molecule has 0 saturated heterocycles. The van der Waals surface area contributed by atoms with E-state index in [-0.39, 0.29) is 17.9 Å². The number of hydrogen-bond donors (Lipinski definition) is 4. The highest BCUT2D eigenvalue weighted by molar-refractivity contribution is 5.96. The van der Waals surface area contributed by atoms with Crippen LogP contribution in [0.4, 0.5) is 26.0 Å². The summed E-state index contributed by atoms with van der Waals surface area (Å²) in [7, 11) is 0. The van der Waals surface area contributed by atoms with Gasteiger partial charge in [-0.15, -0.1) is 10.2 Å². The minimum atomic E-state index is -2.89. The van der Waals surface area contributed by atoms with Crippen LogP contribution in [0.3, 0.4) is 0 Å². The fraction of sp³-hybridized carbons (Fsp3) is 0.412. The summed E-state index contributed by atoms with van der Waals surface area (Å²) in [6.45, 7) is 1.86. The van der Waals surface area contributed by atoms with E-state index in [0.29, 0.717) is 24.2 Å². The lowest BCUT2D eigenvalue weighted by atomic mass is 9.87. The quantitative estimate of drug-likeness (QED) is 0.626. The molecule has 1 aliphatic rings.